The molecule has 1 aromatic carbocycles. The second-order valence-electron chi connectivity index (χ2n) is 6.89. The van der Waals surface area contributed by atoms with Crippen molar-refractivity contribution >= 4 is 25.8 Å². The molecule has 0 fully saturated rings. The third kappa shape index (κ3) is 5.02. The van der Waals surface area contributed by atoms with Crippen molar-refractivity contribution in [2.24, 2.45) is 0 Å². The molecule has 0 N–H and O–H groups in total. The normalized spacial score (nSPS) is 13.0. The maximum atomic E-state index is 6.90. The van der Waals surface area contributed by atoms with Gasteiger partial charge in [0, 0.05) is 16.7 Å². The van der Waals surface area contributed by atoms with Crippen molar-refractivity contribution < 1.29 is 4.43 Å². The maximum Gasteiger partial charge on any atom is 0.258 e. The van der Waals surface area contributed by atoms with E-state index in [1.807, 2.05) is 6.08 Å². The van der Waals surface area contributed by atoms with Gasteiger partial charge in [-0.3, -0.25) is 0 Å². The van der Waals surface area contributed by atoms with Crippen LogP contribution in [0, 0.1) is 0 Å². The van der Waals surface area contributed by atoms with Gasteiger partial charge in [-0.2, -0.15) is 0 Å². The van der Waals surface area contributed by atoms with Crippen LogP contribution in [0.5, 0.6) is 0 Å². The van der Waals surface area contributed by atoms with Crippen molar-refractivity contribution in [2.45, 2.75) is 58.2 Å². The van der Waals surface area contributed by atoms with E-state index in [0.717, 1.165) is 11.5 Å². The van der Waals surface area contributed by atoms with Crippen molar-refractivity contribution in [1.29, 1.82) is 0 Å². The van der Waals surface area contributed by atoms with Gasteiger partial charge in [-0.1, -0.05) is 78.0 Å². The van der Waals surface area contributed by atoms with Crippen LogP contribution in [0.1, 0.15) is 47.1 Å². The van der Waals surface area contributed by atoms with E-state index >= 15 is 0 Å². The van der Waals surface area contributed by atoms with Gasteiger partial charge in [0.1, 0.15) is 5.76 Å². The third-order valence-electron chi connectivity index (χ3n) is 4.46. The Labute approximate surface area is 148 Å². The van der Waals surface area contributed by atoms with Crippen molar-refractivity contribution in [1.82, 2.24) is 0 Å². The Morgan fingerprint density at radius 1 is 1.04 bits per heavy atom. The minimum Gasteiger partial charge on any atom is -0.542 e. The molecule has 3 heteroatoms. The lowest BCUT2D eigenvalue weighted by molar-refractivity contribution is 0.445. The summed E-state index contributed by atoms with van der Waals surface area (Å²) in [5.74, 6) is 1.93. The monoisotopic (exact) mass is 348 g/mol. The number of thioether (sulfide) groups is 1. The number of benzene rings is 1. The summed E-state index contributed by atoms with van der Waals surface area (Å²) in [6, 6.07) is 10.5. The van der Waals surface area contributed by atoms with E-state index in [2.05, 4.69) is 83.9 Å². The summed E-state index contributed by atoms with van der Waals surface area (Å²) >= 11 is 1.75. The van der Waals surface area contributed by atoms with Gasteiger partial charge < -0.3 is 4.43 Å². The minimum absolute atomic E-state index is 0.569. The molecule has 0 saturated heterocycles. The van der Waals surface area contributed by atoms with E-state index in [4.69, 9.17) is 4.43 Å². The van der Waals surface area contributed by atoms with E-state index in [-0.39, 0.29) is 0 Å². The first-order valence-electron chi connectivity index (χ1n) is 8.53. The fourth-order valence-corrected chi connectivity index (χ4v) is 9.41. The van der Waals surface area contributed by atoms with Gasteiger partial charge in [0.05, 0.1) is 0 Å². The highest BCUT2D eigenvalue weighted by Gasteiger charge is 2.47. The van der Waals surface area contributed by atoms with Crippen molar-refractivity contribution in [3.8, 4) is 0 Å². The second-order valence-corrected chi connectivity index (χ2v) is 13.2. The molecule has 1 rings (SSSR count). The lowest BCUT2D eigenvalue weighted by Gasteiger charge is -2.43. The average Bonchev–Trinajstić information content (AvgIpc) is 2.50. The summed E-state index contributed by atoms with van der Waals surface area (Å²) in [5.41, 5.74) is 2.87. The summed E-state index contributed by atoms with van der Waals surface area (Å²) in [5, 5.41) is 2.17. The molecule has 0 atom stereocenters. The van der Waals surface area contributed by atoms with Gasteiger partial charge in [-0.15, -0.1) is 18.3 Å². The highest BCUT2D eigenvalue weighted by molar-refractivity contribution is 8.02. The molecule has 0 amide bonds. The Morgan fingerprint density at radius 3 is 2.00 bits per heavy atom. The summed E-state index contributed by atoms with van der Waals surface area (Å²) in [6.45, 7) is 17.8. The van der Waals surface area contributed by atoms with E-state index in [1.54, 1.807) is 11.8 Å². The fraction of sp³-hybridized carbons (Fsp3) is 0.500. The van der Waals surface area contributed by atoms with Crippen LogP contribution >= 0.6 is 11.8 Å². The molecule has 128 valence electrons. The standard InChI is InChI=1S/C20H32OSSi/c1-8-14-22-15-20(19-12-10-9-11-13-19)21-23(16(2)3,17(4)5)18(6)7/h8-13,15-18H,1,14H2,2-7H3/b20-15-. The Balaban J connectivity index is 3.25. The zero-order chi connectivity index (χ0) is 17.5. The quantitative estimate of drug-likeness (QED) is 0.204. The predicted molar refractivity (Wildman–Crippen MR) is 109 cm³/mol. The van der Waals surface area contributed by atoms with Crippen LogP contribution in [0.2, 0.25) is 16.6 Å². The van der Waals surface area contributed by atoms with E-state index in [1.165, 1.54) is 5.56 Å². The van der Waals surface area contributed by atoms with E-state index in [9.17, 15) is 0 Å². The zero-order valence-electron chi connectivity index (χ0n) is 15.5. The topological polar surface area (TPSA) is 9.23 Å². The molecule has 0 bridgehead atoms. The van der Waals surface area contributed by atoms with Crippen LogP contribution in [-0.4, -0.2) is 14.1 Å². The molecule has 0 heterocycles. The van der Waals surface area contributed by atoms with Crippen LogP contribution < -0.4 is 0 Å². The molecule has 1 nitrogen and oxygen atoms in total. The molecule has 0 unspecified atom stereocenters. The molecule has 0 radical (unpaired) electrons. The van der Waals surface area contributed by atoms with Gasteiger partial charge in [-0.05, 0) is 16.6 Å². The van der Waals surface area contributed by atoms with Crippen LogP contribution in [-0.2, 0) is 4.43 Å². The van der Waals surface area contributed by atoms with Crippen LogP contribution in [0.15, 0.2) is 48.4 Å². The SMILES string of the molecule is C=CCS/C=C(\O[Si](C(C)C)(C(C)C)C(C)C)c1ccccc1. The first-order chi connectivity index (χ1) is 10.9. The average molecular weight is 349 g/mol. The number of rotatable bonds is 9. The molecule has 1 aromatic rings. The molecule has 0 aliphatic heterocycles. The smallest absolute Gasteiger partial charge is 0.258 e. The predicted octanol–water partition coefficient (Wildman–Crippen LogP) is 7.10. The lowest BCUT2D eigenvalue weighted by Crippen LogP contribution is -2.47. The molecule has 0 aliphatic rings. The minimum atomic E-state index is -1.94. The van der Waals surface area contributed by atoms with E-state index < -0.39 is 8.32 Å². The van der Waals surface area contributed by atoms with Gasteiger partial charge in [0.25, 0.3) is 8.32 Å². The van der Waals surface area contributed by atoms with Gasteiger partial charge >= 0.3 is 0 Å². The van der Waals surface area contributed by atoms with Gasteiger partial charge in [-0.25, -0.2) is 0 Å². The van der Waals surface area contributed by atoms with Crippen molar-refractivity contribution in [2.75, 3.05) is 5.75 Å². The van der Waals surface area contributed by atoms with Crippen LogP contribution in [0.25, 0.3) is 5.76 Å². The molecule has 0 aliphatic carbocycles. The largest absolute Gasteiger partial charge is 0.542 e. The highest BCUT2D eigenvalue weighted by Crippen LogP contribution is 2.45. The number of hydrogen-bond donors (Lipinski definition) is 0. The summed E-state index contributed by atoms with van der Waals surface area (Å²) in [6.07, 6.45) is 1.93. The maximum absolute atomic E-state index is 6.90. The number of hydrogen-bond acceptors (Lipinski definition) is 2. The molecular weight excluding hydrogens is 316 g/mol. The van der Waals surface area contributed by atoms with Crippen molar-refractivity contribution in [3.05, 3.63) is 54.0 Å². The molecule has 0 aromatic heterocycles. The van der Waals surface area contributed by atoms with Crippen LogP contribution in [0.3, 0.4) is 0 Å². The molecule has 0 spiro atoms. The Kier molecular flexibility index (Phi) is 8.21. The third-order valence-corrected chi connectivity index (χ3v) is 11.3. The second kappa shape index (κ2) is 9.38. The first-order valence-corrected chi connectivity index (χ1v) is 11.7. The molecule has 0 saturated carbocycles. The fourth-order valence-electron chi connectivity index (χ4n) is 3.49. The first kappa shape index (κ1) is 20.1. The van der Waals surface area contributed by atoms with Gasteiger partial charge in [0.15, 0.2) is 0 Å². The van der Waals surface area contributed by atoms with Crippen molar-refractivity contribution in [3.63, 3.8) is 0 Å². The Hall–Kier alpha value is -0.933. The summed E-state index contributed by atoms with van der Waals surface area (Å²) < 4.78 is 6.90. The Morgan fingerprint density at radius 2 is 1.57 bits per heavy atom. The highest BCUT2D eigenvalue weighted by atomic mass is 32.2. The Bertz CT molecular complexity index is 484. The van der Waals surface area contributed by atoms with Crippen LogP contribution in [0.4, 0.5) is 0 Å². The molecule has 23 heavy (non-hydrogen) atoms. The summed E-state index contributed by atoms with van der Waals surface area (Å²) in [4.78, 5) is 0. The van der Waals surface area contributed by atoms with Gasteiger partial charge in [0.2, 0.25) is 0 Å². The zero-order valence-corrected chi connectivity index (χ0v) is 17.3. The van der Waals surface area contributed by atoms with E-state index in [0.29, 0.717) is 16.6 Å². The lowest BCUT2D eigenvalue weighted by atomic mass is 10.2. The summed E-state index contributed by atoms with van der Waals surface area (Å²) in [7, 11) is -1.94. The molecular formula is C20H32OSSi.